The van der Waals surface area contributed by atoms with Crippen molar-refractivity contribution in [2.24, 2.45) is 0 Å². The molecule has 2 aromatic carbocycles. The SMILES string of the molecule is C=C(c1cccc(C)c1)c1ccc(CC)c(C)c1. The molecule has 0 atom stereocenters. The van der Waals surface area contributed by atoms with E-state index in [-0.39, 0.29) is 0 Å². The van der Waals surface area contributed by atoms with Gasteiger partial charge in [0.05, 0.1) is 0 Å². The first-order valence-electron chi connectivity index (χ1n) is 6.47. The topological polar surface area (TPSA) is 0 Å². The van der Waals surface area contributed by atoms with Crippen molar-refractivity contribution in [1.82, 2.24) is 0 Å². The highest BCUT2D eigenvalue weighted by Gasteiger charge is 2.04. The smallest absolute Gasteiger partial charge is 0.0181 e. The molecule has 0 heteroatoms. The second-order valence-electron chi connectivity index (χ2n) is 4.84. The summed E-state index contributed by atoms with van der Waals surface area (Å²) in [4.78, 5) is 0. The van der Waals surface area contributed by atoms with Crippen LogP contribution in [0.2, 0.25) is 0 Å². The van der Waals surface area contributed by atoms with E-state index in [4.69, 9.17) is 0 Å². The first kappa shape index (κ1) is 12.6. The molecule has 92 valence electrons. The van der Waals surface area contributed by atoms with Crippen LogP contribution in [0.25, 0.3) is 5.57 Å². The second-order valence-corrected chi connectivity index (χ2v) is 4.84. The van der Waals surface area contributed by atoms with Crippen LogP contribution in [0, 0.1) is 13.8 Å². The van der Waals surface area contributed by atoms with Crippen LogP contribution < -0.4 is 0 Å². The molecule has 0 radical (unpaired) electrons. The van der Waals surface area contributed by atoms with E-state index in [1.165, 1.54) is 27.8 Å². The zero-order valence-electron chi connectivity index (χ0n) is 11.5. The summed E-state index contributed by atoms with van der Waals surface area (Å²) in [5, 5.41) is 0. The summed E-state index contributed by atoms with van der Waals surface area (Å²) in [6, 6.07) is 15.1. The van der Waals surface area contributed by atoms with E-state index in [2.05, 4.69) is 69.8 Å². The molecule has 0 unspecified atom stereocenters. The van der Waals surface area contributed by atoms with Gasteiger partial charge in [-0.1, -0.05) is 61.5 Å². The highest BCUT2D eigenvalue weighted by atomic mass is 14.1. The number of rotatable bonds is 3. The molecule has 0 aliphatic rings. The molecular weight excluding hydrogens is 216 g/mol. The molecule has 2 rings (SSSR count). The molecule has 0 saturated heterocycles. The van der Waals surface area contributed by atoms with E-state index in [1.54, 1.807) is 0 Å². The van der Waals surface area contributed by atoms with Gasteiger partial charge in [0, 0.05) is 0 Å². The van der Waals surface area contributed by atoms with Gasteiger partial charge >= 0.3 is 0 Å². The van der Waals surface area contributed by atoms with Gasteiger partial charge in [0.1, 0.15) is 0 Å². The minimum Gasteiger partial charge on any atom is -0.0906 e. The maximum atomic E-state index is 4.23. The van der Waals surface area contributed by atoms with Crippen LogP contribution in [-0.4, -0.2) is 0 Å². The van der Waals surface area contributed by atoms with Crippen LogP contribution >= 0.6 is 0 Å². The quantitative estimate of drug-likeness (QED) is 0.709. The van der Waals surface area contributed by atoms with E-state index < -0.39 is 0 Å². The minimum atomic E-state index is 1.09. The van der Waals surface area contributed by atoms with Crippen molar-refractivity contribution in [2.45, 2.75) is 27.2 Å². The van der Waals surface area contributed by atoms with Gasteiger partial charge < -0.3 is 0 Å². The molecule has 0 aromatic heterocycles. The van der Waals surface area contributed by atoms with Gasteiger partial charge in [-0.2, -0.15) is 0 Å². The van der Waals surface area contributed by atoms with E-state index in [0.29, 0.717) is 0 Å². The van der Waals surface area contributed by atoms with E-state index in [0.717, 1.165) is 12.0 Å². The predicted octanol–water partition coefficient (Wildman–Crippen LogP) is 4.93. The lowest BCUT2D eigenvalue weighted by Crippen LogP contribution is -1.91. The number of aryl methyl sites for hydroxylation is 3. The maximum absolute atomic E-state index is 4.23. The van der Waals surface area contributed by atoms with Crippen LogP contribution in [0.5, 0.6) is 0 Å². The summed E-state index contributed by atoms with van der Waals surface area (Å²) in [6.45, 7) is 10.7. The molecule has 0 aliphatic carbocycles. The standard InChI is InChI=1S/C18H20/c1-5-16-9-10-18(12-14(16)3)15(4)17-8-6-7-13(2)11-17/h6-12H,4-5H2,1-3H3. The van der Waals surface area contributed by atoms with Crippen molar-refractivity contribution < 1.29 is 0 Å². The van der Waals surface area contributed by atoms with E-state index in [9.17, 15) is 0 Å². The van der Waals surface area contributed by atoms with Gasteiger partial charge in [0.25, 0.3) is 0 Å². The minimum absolute atomic E-state index is 1.09. The first-order valence-corrected chi connectivity index (χ1v) is 6.47. The van der Waals surface area contributed by atoms with Gasteiger partial charge in [-0.05, 0) is 48.1 Å². The van der Waals surface area contributed by atoms with Gasteiger partial charge in [0.2, 0.25) is 0 Å². The van der Waals surface area contributed by atoms with E-state index in [1.807, 2.05) is 0 Å². The van der Waals surface area contributed by atoms with Crippen LogP contribution in [-0.2, 0) is 6.42 Å². The Labute approximate surface area is 110 Å². The Hall–Kier alpha value is -1.82. The maximum Gasteiger partial charge on any atom is -0.0181 e. The zero-order valence-corrected chi connectivity index (χ0v) is 11.5. The average Bonchev–Trinajstić information content (AvgIpc) is 2.37. The highest BCUT2D eigenvalue weighted by Crippen LogP contribution is 2.24. The van der Waals surface area contributed by atoms with Gasteiger partial charge in [-0.25, -0.2) is 0 Å². The molecule has 0 amide bonds. The molecule has 18 heavy (non-hydrogen) atoms. The number of hydrogen-bond acceptors (Lipinski definition) is 0. The Bertz CT molecular complexity index is 576. The Kier molecular flexibility index (Phi) is 3.66. The van der Waals surface area contributed by atoms with Crippen molar-refractivity contribution in [3.63, 3.8) is 0 Å². The Morgan fingerprint density at radius 2 is 1.72 bits per heavy atom. The number of hydrogen-bond donors (Lipinski definition) is 0. The monoisotopic (exact) mass is 236 g/mol. The fraction of sp³-hybridized carbons (Fsp3) is 0.222. The summed E-state index contributed by atoms with van der Waals surface area (Å²) in [5.74, 6) is 0. The summed E-state index contributed by atoms with van der Waals surface area (Å²) < 4.78 is 0. The predicted molar refractivity (Wildman–Crippen MR) is 79.9 cm³/mol. The summed E-state index contributed by atoms with van der Waals surface area (Å²) in [7, 11) is 0. The normalized spacial score (nSPS) is 10.4. The van der Waals surface area contributed by atoms with Crippen molar-refractivity contribution in [2.75, 3.05) is 0 Å². The third-order valence-corrected chi connectivity index (χ3v) is 3.44. The lowest BCUT2D eigenvalue weighted by atomic mass is 9.95. The van der Waals surface area contributed by atoms with Crippen molar-refractivity contribution in [3.8, 4) is 0 Å². The summed E-state index contributed by atoms with van der Waals surface area (Å²) in [5.41, 5.74) is 7.56. The lowest BCUT2D eigenvalue weighted by Gasteiger charge is -2.10. The summed E-state index contributed by atoms with van der Waals surface area (Å²) >= 11 is 0. The zero-order chi connectivity index (χ0) is 13.1. The second kappa shape index (κ2) is 5.22. The lowest BCUT2D eigenvalue weighted by molar-refractivity contribution is 1.11. The van der Waals surface area contributed by atoms with E-state index >= 15 is 0 Å². The molecule has 0 heterocycles. The third kappa shape index (κ3) is 2.53. The molecule has 0 bridgehead atoms. The fourth-order valence-corrected chi connectivity index (χ4v) is 2.28. The van der Waals surface area contributed by atoms with Crippen LogP contribution in [0.4, 0.5) is 0 Å². The number of benzene rings is 2. The molecule has 0 spiro atoms. The van der Waals surface area contributed by atoms with Gasteiger partial charge in [-0.3, -0.25) is 0 Å². The fourth-order valence-electron chi connectivity index (χ4n) is 2.28. The molecule has 0 N–H and O–H groups in total. The van der Waals surface area contributed by atoms with Crippen molar-refractivity contribution in [3.05, 3.63) is 76.9 Å². The Balaban J connectivity index is 2.37. The third-order valence-electron chi connectivity index (χ3n) is 3.44. The Morgan fingerprint density at radius 1 is 1.00 bits per heavy atom. The molecule has 0 fully saturated rings. The van der Waals surface area contributed by atoms with Gasteiger partial charge in [0.15, 0.2) is 0 Å². The van der Waals surface area contributed by atoms with Crippen LogP contribution in [0.15, 0.2) is 49.0 Å². The van der Waals surface area contributed by atoms with Crippen LogP contribution in [0.3, 0.4) is 0 Å². The van der Waals surface area contributed by atoms with Crippen molar-refractivity contribution >= 4 is 5.57 Å². The van der Waals surface area contributed by atoms with Gasteiger partial charge in [-0.15, -0.1) is 0 Å². The Morgan fingerprint density at radius 3 is 2.33 bits per heavy atom. The molecule has 0 saturated carbocycles. The largest absolute Gasteiger partial charge is 0.0906 e. The summed E-state index contributed by atoms with van der Waals surface area (Å²) in [6.07, 6.45) is 1.09. The van der Waals surface area contributed by atoms with Crippen molar-refractivity contribution in [1.29, 1.82) is 0 Å². The molecule has 0 nitrogen and oxygen atoms in total. The average molecular weight is 236 g/mol. The molecule has 2 aromatic rings. The van der Waals surface area contributed by atoms with Crippen LogP contribution in [0.1, 0.15) is 34.7 Å². The highest BCUT2D eigenvalue weighted by molar-refractivity contribution is 5.78. The first-order chi connectivity index (χ1) is 8.61. The molecule has 0 aliphatic heterocycles. The molecular formula is C18H20.